The smallest absolute Gasteiger partial charge is 0.123 e. The maximum absolute atomic E-state index is 12.9. The van der Waals surface area contributed by atoms with E-state index in [1.54, 1.807) is 0 Å². The van der Waals surface area contributed by atoms with Gasteiger partial charge in [-0.25, -0.2) is 4.39 Å². The van der Waals surface area contributed by atoms with Crippen LogP contribution in [-0.4, -0.2) is 31.1 Å². The summed E-state index contributed by atoms with van der Waals surface area (Å²) in [6.45, 7) is 4.86. The third kappa shape index (κ3) is 3.74. The van der Waals surface area contributed by atoms with Crippen molar-refractivity contribution in [2.24, 2.45) is 0 Å². The molecule has 0 aromatic heterocycles. The number of piperazine rings is 1. The van der Waals surface area contributed by atoms with E-state index in [2.05, 4.69) is 15.9 Å². The summed E-state index contributed by atoms with van der Waals surface area (Å²) >= 11 is 6.05. The Bertz CT molecular complexity index is 592. The Hall–Kier alpha value is -1.58. The van der Waals surface area contributed by atoms with Crippen LogP contribution in [0.4, 0.5) is 10.1 Å². The van der Waals surface area contributed by atoms with Crippen molar-refractivity contribution in [2.45, 2.75) is 6.54 Å². The molecule has 2 aromatic carbocycles. The molecule has 0 aliphatic carbocycles. The number of anilines is 1. The van der Waals surface area contributed by atoms with E-state index in [0.717, 1.165) is 43.3 Å². The zero-order valence-electron chi connectivity index (χ0n) is 11.8. The highest BCUT2D eigenvalue weighted by Crippen LogP contribution is 2.21. The second kappa shape index (κ2) is 6.46. The van der Waals surface area contributed by atoms with E-state index in [1.165, 1.54) is 17.8 Å². The lowest BCUT2D eigenvalue weighted by atomic mass is 10.2. The molecule has 1 fully saturated rings. The summed E-state index contributed by atoms with van der Waals surface area (Å²) in [5, 5.41) is 0.779. The van der Waals surface area contributed by atoms with Crippen molar-refractivity contribution >= 4 is 17.3 Å². The van der Waals surface area contributed by atoms with E-state index >= 15 is 0 Å². The third-order valence-electron chi connectivity index (χ3n) is 3.87. The molecule has 2 aromatic rings. The second-order valence-electron chi connectivity index (χ2n) is 5.37. The minimum absolute atomic E-state index is 0.176. The zero-order valence-corrected chi connectivity index (χ0v) is 12.6. The lowest BCUT2D eigenvalue weighted by molar-refractivity contribution is 0.250. The molecule has 0 atom stereocenters. The van der Waals surface area contributed by atoms with Crippen LogP contribution in [0.25, 0.3) is 0 Å². The Morgan fingerprint density at radius 1 is 0.952 bits per heavy atom. The van der Waals surface area contributed by atoms with Crippen molar-refractivity contribution < 1.29 is 4.39 Å². The van der Waals surface area contributed by atoms with Crippen molar-refractivity contribution in [1.29, 1.82) is 0 Å². The molecule has 1 aliphatic heterocycles. The maximum atomic E-state index is 12.9. The standard InChI is InChI=1S/C17H18ClFN2/c18-15-2-1-3-17(12-15)21-10-8-20(9-11-21)13-14-4-6-16(19)7-5-14/h1-7,12H,8-11,13H2. The van der Waals surface area contributed by atoms with Gasteiger partial charge in [-0.2, -0.15) is 0 Å². The van der Waals surface area contributed by atoms with Gasteiger partial charge in [-0.1, -0.05) is 29.8 Å². The van der Waals surface area contributed by atoms with E-state index < -0.39 is 0 Å². The number of rotatable bonds is 3. The molecule has 1 heterocycles. The Balaban J connectivity index is 1.56. The first kappa shape index (κ1) is 14.4. The fourth-order valence-corrected chi connectivity index (χ4v) is 2.87. The SMILES string of the molecule is Fc1ccc(CN2CCN(c3cccc(Cl)c3)CC2)cc1. The second-order valence-corrected chi connectivity index (χ2v) is 5.81. The molecular weight excluding hydrogens is 287 g/mol. The van der Waals surface area contributed by atoms with Gasteiger partial charge in [0.25, 0.3) is 0 Å². The topological polar surface area (TPSA) is 6.48 Å². The highest BCUT2D eigenvalue weighted by atomic mass is 35.5. The van der Waals surface area contributed by atoms with Gasteiger partial charge in [-0.15, -0.1) is 0 Å². The fraction of sp³-hybridized carbons (Fsp3) is 0.294. The van der Waals surface area contributed by atoms with Crippen molar-refractivity contribution in [2.75, 3.05) is 31.1 Å². The Morgan fingerprint density at radius 3 is 2.33 bits per heavy atom. The van der Waals surface area contributed by atoms with Gasteiger partial charge in [0, 0.05) is 43.4 Å². The first-order chi connectivity index (χ1) is 10.2. The molecule has 21 heavy (non-hydrogen) atoms. The van der Waals surface area contributed by atoms with Crippen LogP contribution in [0.1, 0.15) is 5.56 Å². The molecule has 2 nitrogen and oxygen atoms in total. The molecule has 4 heteroatoms. The average molecular weight is 305 g/mol. The first-order valence-corrected chi connectivity index (χ1v) is 7.56. The van der Waals surface area contributed by atoms with Crippen molar-refractivity contribution in [1.82, 2.24) is 4.90 Å². The van der Waals surface area contributed by atoms with Crippen LogP contribution in [0.5, 0.6) is 0 Å². The molecule has 0 radical (unpaired) electrons. The van der Waals surface area contributed by atoms with E-state index in [4.69, 9.17) is 11.6 Å². The van der Waals surface area contributed by atoms with Gasteiger partial charge in [0.1, 0.15) is 5.82 Å². The van der Waals surface area contributed by atoms with Crippen LogP contribution in [0, 0.1) is 5.82 Å². The number of hydrogen-bond donors (Lipinski definition) is 0. The van der Waals surface area contributed by atoms with E-state index in [1.807, 2.05) is 30.3 Å². The highest BCUT2D eigenvalue weighted by Gasteiger charge is 2.17. The molecule has 1 saturated heterocycles. The van der Waals surface area contributed by atoms with Crippen molar-refractivity contribution in [3.05, 3.63) is 64.9 Å². The van der Waals surface area contributed by atoms with Crippen LogP contribution in [0.15, 0.2) is 48.5 Å². The number of halogens is 2. The summed E-state index contributed by atoms with van der Waals surface area (Å²) in [5.41, 5.74) is 2.34. The summed E-state index contributed by atoms with van der Waals surface area (Å²) in [6, 6.07) is 14.8. The fourth-order valence-electron chi connectivity index (χ4n) is 2.69. The van der Waals surface area contributed by atoms with Crippen LogP contribution in [-0.2, 0) is 6.54 Å². The van der Waals surface area contributed by atoms with E-state index in [9.17, 15) is 4.39 Å². The van der Waals surface area contributed by atoms with Gasteiger partial charge in [0.2, 0.25) is 0 Å². The van der Waals surface area contributed by atoms with Crippen LogP contribution < -0.4 is 4.90 Å². The molecule has 0 amide bonds. The van der Waals surface area contributed by atoms with E-state index in [-0.39, 0.29) is 5.82 Å². The molecular formula is C17H18ClFN2. The predicted octanol–water partition coefficient (Wildman–Crippen LogP) is 3.80. The summed E-state index contributed by atoms with van der Waals surface area (Å²) in [4.78, 5) is 4.75. The minimum atomic E-state index is -0.176. The molecule has 0 spiro atoms. The predicted molar refractivity (Wildman–Crippen MR) is 85.3 cm³/mol. The Morgan fingerprint density at radius 2 is 1.67 bits per heavy atom. The van der Waals surface area contributed by atoms with Crippen molar-refractivity contribution in [3.8, 4) is 0 Å². The monoisotopic (exact) mass is 304 g/mol. The molecule has 3 rings (SSSR count). The average Bonchev–Trinajstić information content (AvgIpc) is 2.50. The summed E-state index contributed by atoms with van der Waals surface area (Å²) in [6.07, 6.45) is 0. The van der Waals surface area contributed by atoms with E-state index in [0.29, 0.717) is 0 Å². The molecule has 110 valence electrons. The van der Waals surface area contributed by atoms with Crippen LogP contribution in [0.2, 0.25) is 5.02 Å². The Kier molecular flexibility index (Phi) is 4.42. The lowest BCUT2D eigenvalue weighted by Gasteiger charge is -2.36. The summed E-state index contributed by atoms with van der Waals surface area (Å²) in [5.74, 6) is -0.176. The highest BCUT2D eigenvalue weighted by molar-refractivity contribution is 6.30. The molecule has 0 bridgehead atoms. The molecule has 0 saturated carbocycles. The van der Waals surface area contributed by atoms with Gasteiger partial charge in [-0.3, -0.25) is 4.90 Å². The summed E-state index contributed by atoms with van der Waals surface area (Å²) in [7, 11) is 0. The van der Waals surface area contributed by atoms with Crippen LogP contribution in [0.3, 0.4) is 0 Å². The van der Waals surface area contributed by atoms with Gasteiger partial charge in [-0.05, 0) is 35.9 Å². The summed E-state index contributed by atoms with van der Waals surface area (Å²) < 4.78 is 12.9. The van der Waals surface area contributed by atoms with Gasteiger partial charge in [0.15, 0.2) is 0 Å². The third-order valence-corrected chi connectivity index (χ3v) is 4.10. The van der Waals surface area contributed by atoms with Crippen molar-refractivity contribution in [3.63, 3.8) is 0 Å². The zero-order chi connectivity index (χ0) is 14.7. The quantitative estimate of drug-likeness (QED) is 0.851. The lowest BCUT2D eigenvalue weighted by Crippen LogP contribution is -2.45. The molecule has 0 N–H and O–H groups in total. The first-order valence-electron chi connectivity index (χ1n) is 7.18. The van der Waals surface area contributed by atoms with Gasteiger partial charge < -0.3 is 4.90 Å². The molecule has 1 aliphatic rings. The minimum Gasteiger partial charge on any atom is -0.369 e. The maximum Gasteiger partial charge on any atom is 0.123 e. The van der Waals surface area contributed by atoms with Crippen LogP contribution >= 0.6 is 11.6 Å². The number of benzene rings is 2. The normalized spacial score (nSPS) is 16.2. The largest absolute Gasteiger partial charge is 0.369 e. The van der Waals surface area contributed by atoms with Gasteiger partial charge in [0.05, 0.1) is 0 Å². The number of nitrogens with zero attached hydrogens (tertiary/aromatic N) is 2. The molecule has 0 unspecified atom stereocenters. The Labute approximate surface area is 129 Å². The van der Waals surface area contributed by atoms with Gasteiger partial charge >= 0.3 is 0 Å². The number of hydrogen-bond acceptors (Lipinski definition) is 2.